The Morgan fingerprint density at radius 2 is 2.05 bits per heavy atom. The van der Waals surface area contributed by atoms with E-state index in [0.717, 1.165) is 12.1 Å². The van der Waals surface area contributed by atoms with E-state index in [1.807, 2.05) is 20.0 Å². The molecule has 20 heavy (non-hydrogen) atoms. The third kappa shape index (κ3) is 3.68. The smallest absolute Gasteiger partial charge is 0.129 e. The van der Waals surface area contributed by atoms with E-state index in [0.29, 0.717) is 12.1 Å². The summed E-state index contributed by atoms with van der Waals surface area (Å²) in [5.74, 6) is -0.423. The molecule has 2 atom stereocenters. The van der Waals surface area contributed by atoms with Crippen molar-refractivity contribution >= 4 is 0 Å². The van der Waals surface area contributed by atoms with Crippen molar-refractivity contribution in [2.75, 3.05) is 13.6 Å². The maximum absolute atomic E-state index is 13.7. The normalized spacial score (nSPS) is 14.4. The molecular formula is C16H20FNO2. The largest absolute Gasteiger partial charge is 0.472 e. The van der Waals surface area contributed by atoms with Crippen LogP contribution in [0.5, 0.6) is 0 Å². The van der Waals surface area contributed by atoms with Gasteiger partial charge in [0.25, 0.3) is 0 Å². The minimum absolute atomic E-state index is 0.0659. The number of hydrogen-bond acceptors (Lipinski definition) is 3. The predicted molar refractivity (Wildman–Crippen MR) is 75.6 cm³/mol. The molecule has 0 aliphatic carbocycles. The van der Waals surface area contributed by atoms with E-state index in [4.69, 9.17) is 4.42 Å². The molecule has 2 rings (SSSR count). The first-order valence-corrected chi connectivity index (χ1v) is 6.70. The molecule has 0 radical (unpaired) electrons. The van der Waals surface area contributed by atoms with Gasteiger partial charge in [-0.25, -0.2) is 4.39 Å². The van der Waals surface area contributed by atoms with Gasteiger partial charge in [0.15, 0.2) is 0 Å². The van der Waals surface area contributed by atoms with Gasteiger partial charge in [-0.1, -0.05) is 25.1 Å². The molecule has 0 saturated heterocycles. The Labute approximate surface area is 118 Å². The zero-order valence-electron chi connectivity index (χ0n) is 11.8. The second-order valence-corrected chi connectivity index (χ2v) is 5.27. The molecule has 1 aromatic heterocycles. The molecule has 1 aromatic carbocycles. The van der Waals surface area contributed by atoms with E-state index in [2.05, 4.69) is 4.90 Å². The van der Waals surface area contributed by atoms with E-state index < -0.39 is 6.10 Å². The van der Waals surface area contributed by atoms with Gasteiger partial charge < -0.3 is 14.4 Å². The highest BCUT2D eigenvalue weighted by Gasteiger charge is 2.20. The van der Waals surface area contributed by atoms with Crippen molar-refractivity contribution in [2.24, 2.45) is 5.92 Å². The van der Waals surface area contributed by atoms with Crippen molar-refractivity contribution < 1.29 is 13.9 Å². The second kappa shape index (κ2) is 6.68. The second-order valence-electron chi connectivity index (χ2n) is 5.27. The molecule has 0 aliphatic rings. The van der Waals surface area contributed by atoms with Gasteiger partial charge in [0.2, 0.25) is 0 Å². The van der Waals surface area contributed by atoms with Crippen LogP contribution in [0.2, 0.25) is 0 Å². The summed E-state index contributed by atoms with van der Waals surface area (Å²) in [4.78, 5) is 2.08. The number of furan rings is 1. The number of aliphatic hydroxyl groups is 1. The fraction of sp³-hybridized carbons (Fsp3) is 0.375. The summed E-state index contributed by atoms with van der Waals surface area (Å²) >= 11 is 0. The zero-order chi connectivity index (χ0) is 14.5. The van der Waals surface area contributed by atoms with Gasteiger partial charge in [-0.15, -0.1) is 0 Å². The van der Waals surface area contributed by atoms with Crippen molar-refractivity contribution in [2.45, 2.75) is 19.6 Å². The van der Waals surface area contributed by atoms with Crippen LogP contribution < -0.4 is 0 Å². The quantitative estimate of drug-likeness (QED) is 0.880. The Morgan fingerprint density at radius 3 is 2.70 bits per heavy atom. The lowest BCUT2D eigenvalue weighted by Crippen LogP contribution is -2.27. The van der Waals surface area contributed by atoms with Crippen LogP contribution >= 0.6 is 0 Å². The number of hydrogen-bond donors (Lipinski definition) is 1. The summed E-state index contributed by atoms with van der Waals surface area (Å²) in [5.41, 5.74) is 1.44. The lowest BCUT2D eigenvalue weighted by molar-refractivity contribution is 0.0901. The molecule has 3 nitrogen and oxygen atoms in total. The number of rotatable bonds is 6. The minimum atomic E-state index is -0.803. The molecule has 1 heterocycles. The highest BCUT2D eigenvalue weighted by atomic mass is 19.1. The first kappa shape index (κ1) is 14.8. The van der Waals surface area contributed by atoms with Crippen molar-refractivity contribution in [1.82, 2.24) is 4.90 Å². The standard InChI is InChI=1S/C16H20FNO2/c1-12(9-18(2)10-13-7-8-20-11-13)16(19)14-5-3-4-6-15(14)17/h3-8,11-12,16,19H,9-10H2,1-2H3. The lowest BCUT2D eigenvalue weighted by Gasteiger charge is -2.25. The van der Waals surface area contributed by atoms with Gasteiger partial charge >= 0.3 is 0 Å². The maximum Gasteiger partial charge on any atom is 0.129 e. The van der Waals surface area contributed by atoms with E-state index in [1.165, 1.54) is 6.07 Å². The average Bonchev–Trinajstić information content (AvgIpc) is 2.91. The number of benzene rings is 1. The third-order valence-electron chi connectivity index (χ3n) is 3.40. The molecular weight excluding hydrogens is 257 g/mol. The van der Waals surface area contributed by atoms with E-state index in [9.17, 15) is 9.50 Å². The zero-order valence-corrected chi connectivity index (χ0v) is 11.8. The van der Waals surface area contributed by atoms with Crippen molar-refractivity contribution in [3.05, 3.63) is 59.8 Å². The fourth-order valence-corrected chi connectivity index (χ4v) is 2.37. The van der Waals surface area contributed by atoms with Gasteiger partial charge in [0, 0.05) is 24.2 Å². The van der Waals surface area contributed by atoms with E-state index in [1.54, 1.807) is 30.7 Å². The monoisotopic (exact) mass is 277 g/mol. The van der Waals surface area contributed by atoms with E-state index >= 15 is 0 Å². The molecule has 0 bridgehead atoms. The molecule has 0 amide bonds. The fourth-order valence-electron chi connectivity index (χ4n) is 2.37. The van der Waals surface area contributed by atoms with Crippen LogP contribution in [0.25, 0.3) is 0 Å². The summed E-state index contributed by atoms with van der Waals surface area (Å²) in [6.07, 6.45) is 2.54. The average molecular weight is 277 g/mol. The van der Waals surface area contributed by atoms with Crippen LogP contribution in [0.4, 0.5) is 4.39 Å². The molecule has 0 aliphatic heterocycles. The summed E-state index contributed by atoms with van der Waals surface area (Å²) in [7, 11) is 1.97. The molecule has 2 unspecified atom stereocenters. The van der Waals surface area contributed by atoms with Crippen molar-refractivity contribution in [3.63, 3.8) is 0 Å². The summed E-state index contributed by atoms with van der Waals surface area (Å²) in [6, 6.07) is 8.28. The van der Waals surface area contributed by atoms with Crippen LogP contribution in [-0.4, -0.2) is 23.6 Å². The van der Waals surface area contributed by atoms with Crippen LogP contribution in [0, 0.1) is 11.7 Å². The molecule has 0 fully saturated rings. The van der Waals surface area contributed by atoms with Gasteiger partial charge in [-0.05, 0) is 25.1 Å². The van der Waals surface area contributed by atoms with Gasteiger partial charge in [0.05, 0.1) is 18.6 Å². The molecule has 1 N–H and O–H groups in total. The minimum Gasteiger partial charge on any atom is -0.472 e. The Morgan fingerprint density at radius 1 is 1.30 bits per heavy atom. The van der Waals surface area contributed by atoms with E-state index in [-0.39, 0.29) is 11.7 Å². The molecule has 2 aromatic rings. The molecule has 4 heteroatoms. The van der Waals surface area contributed by atoms with Gasteiger partial charge in [0.1, 0.15) is 5.82 Å². The Balaban J connectivity index is 1.94. The summed E-state index contributed by atoms with van der Waals surface area (Å²) < 4.78 is 18.7. The van der Waals surface area contributed by atoms with Gasteiger partial charge in [-0.2, -0.15) is 0 Å². The van der Waals surface area contributed by atoms with Crippen LogP contribution in [0.1, 0.15) is 24.2 Å². The van der Waals surface area contributed by atoms with Crippen LogP contribution in [0.3, 0.4) is 0 Å². The highest BCUT2D eigenvalue weighted by Crippen LogP contribution is 2.24. The molecule has 0 saturated carbocycles. The highest BCUT2D eigenvalue weighted by molar-refractivity contribution is 5.20. The Bertz CT molecular complexity index is 527. The lowest BCUT2D eigenvalue weighted by atomic mass is 9.96. The first-order chi connectivity index (χ1) is 9.58. The van der Waals surface area contributed by atoms with Crippen LogP contribution in [0.15, 0.2) is 47.3 Å². The SMILES string of the molecule is CC(CN(C)Cc1ccoc1)C(O)c1ccccc1F. The Kier molecular flexibility index (Phi) is 4.93. The van der Waals surface area contributed by atoms with Crippen molar-refractivity contribution in [3.8, 4) is 0 Å². The summed E-state index contributed by atoms with van der Waals surface area (Å²) in [5, 5.41) is 10.3. The summed E-state index contributed by atoms with van der Waals surface area (Å²) in [6.45, 7) is 3.33. The van der Waals surface area contributed by atoms with Crippen molar-refractivity contribution in [1.29, 1.82) is 0 Å². The maximum atomic E-state index is 13.7. The number of nitrogens with zero attached hydrogens (tertiary/aromatic N) is 1. The number of halogens is 1. The van der Waals surface area contributed by atoms with Crippen LogP contribution in [-0.2, 0) is 6.54 Å². The van der Waals surface area contributed by atoms with Gasteiger partial charge in [-0.3, -0.25) is 0 Å². The first-order valence-electron chi connectivity index (χ1n) is 6.70. The Hall–Kier alpha value is -1.65. The molecule has 108 valence electrons. The molecule has 0 spiro atoms. The number of aliphatic hydroxyl groups excluding tert-OH is 1. The third-order valence-corrected chi connectivity index (χ3v) is 3.40. The topological polar surface area (TPSA) is 36.6 Å². The predicted octanol–water partition coefficient (Wildman–Crippen LogP) is 3.22.